The number of hydrogen-bond donors (Lipinski definition) is 1. The van der Waals surface area contributed by atoms with Crippen molar-refractivity contribution in [1.82, 2.24) is 4.98 Å². The summed E-state index contributed by atoms with van der Waals surface area (Å²) in [4.78, 5) is 14.2. The van der Waals surface area contributed by atoms with E-state index in [0.29, 0.717) is 5.56 Å². The van der Waals surface area contributed by atoms with Gasteiger partial charge in [0.25, 0.3) is 0 Å². The molecule has 5 heteroatoms. The van der Waals surface area contributed by atoms with E-state index in [4.69, 9.17) is 13.9 Å². The lowest BCUT2D eigenvalue weighted by Crippen LogP contribution is -1.97. The van der Waals surface area contributed by atoms with Gasteiger partial charge in [-0.25, -0.2) is 9.78 Å². The van der Waals surface area contributed by atoms with Gasteiger partial charge in [-0.2, -0.15) is 0 Å². The number of rotatable bonds is 2. The highest BCUT2D eigenvalue weighted by atomic mass is 16.4. The van der Waals surface area contributed by atoms with Crippen LogP contribution in [0.3, 0.4) is 0 Å². The lowest BCUT2D eigenvalue weighted by molar-refractivity contribution is 0.0691. The van der Waals surface area contributed by atoms with E-state index >= 15 is 0 Å². The monoisotopic (exact) mass is 179 g/mol. The molecule has 0 spiro atoms. The van der Waals surface area contributed by atoms with Crippen LogP contribution in [0.1, 0.15) is 10.5 Å². The SMILES string of the molecule is O=C(O)c1ncoc1-c1ccoc1. The van der Waals surface area contributed by atoms with Gasteiger partial charge in [0.05, 0.1) is 11.8 Å². The van der Waals surface area contributed by atoms with Gasteiger partial charge in [-0.1, -0.05) is 0 Å². The van der Waals surface area contributed by atoms with Gasteiger partial charge in [0.2, 0.25) is 0 Å². The Morgan fingerprint density at radius 1 is 1.54 bits per heavy atom. The van der Waals surface area contributed by atoms with Crippen molar-refractivity contribution in [2.75, 3.05) is 0 Å². The Morgan fingerprint density at radius 2 is 2.38 bits per heavy atom. The molecule has 66 valence electrons. The minimum absolute atomic E-state index is 0.110. The number of carbonyl (C=O) groups is 1. The minimum atomic E-state index is -1.12. The molecular weight excluding hydrogens is 174 g/mol. The van der Waals surface area contributed by atoms with Crippen LogP contribution in [0, 0.1) is 0 Å². The van der Waals surface area contributed by atoms with Gasteiger partial charge >= 0.3 is 5.97 Å². The van der Waals surface area contributed by atoms with Crippen LogP contribution in [0.4, 0.5) is 0 Å². The molecule has 0 saturated heterocycles. The predicted octanol–water partition coefficient (Wildman–Crippen LogP) is 1.63. The molecule has 0 aliphatic rings. The molecule has 0 aliphatic heterocycles. The largest absolute Gasteiger partial charge is 0.476 e. The standard InChI is InChI=1S/C8H5NO4/c10-8(11)6-7(13-4-9-6)5-1-2-12-3-5/h1-4H,(H,10,11). The van der Waals surface area contributed by atoms with Gasteiger partial charge in [-0.05, 0) is 6.07 Å². The molecule has 0 amide bonds. The predicted molar refractivity (Wildman–Crippen MR) is 41.2 cm³/mol. The van der Waals surface area contributed by atoms with Gasteiger partial charge in [-0.15, -0.1) is 0 Å². The molecule has 2 aromatic rings. The average Bonchev–Trinajstić information content (AvgIpc) is 2.74. The molecule has 0 fully saturated rings. The molecule has 0 bridgehead atoms. The zero-order valence-electron chi connectivity index (χ0n) is 6.43. The molecule has 0 unspecified atom stereocenters. The van der Waals surface area contributed by atoms with E-state index in [1.54, 1.807) is 6.07 Å². The number of carboxylic acids is 1. The molecule has 2 aromatic heterocycles. The quantitative estimate of drug-likeness (QED) is 0.758. The number of aromatic carboxylic acids is 1. The second-order valence-corrected chi connectivity index (χ2v) is 2.35. The summed E-state index contributed by atoms with van der Waals surface area (Å²) in [5.74, 6) is -0.911. The maximum absolute atomic E-state index is 10.6. The van der Waals surface area contributed by atoms with E-state index in [0.717, 1.165) is 6.39 Å². The Kier molecular flexibility index (Phi) is 1.63. The Balaban J connectivity index is 2.52. The smallest absolute Gasteiger partial charge is 0.358 e. The number of furan rings is 1. The van der Waals surface area contributed by atoms with Crippen LogP contribution in [0.15, 0.2) is 33.8 Å². The zero-order valence-corrected chi connectivity index (χ0v) is 6.43. The van der Waals surface area contributed by atoms with Crippen LogP contribution in [0.5, 0.6) is 0 Å². The van der Waals surface area contributed by atoms with Crippen molar-refractivity contribution < 1.29 is 18.7 Å². The molecule has 0 aromatic carbocycles. The number of oxazole rings is 1. The molecule has 1 N–H and O–H groups in total. The molecule has 0 atom stereocenters. The van der Waals surface area contributed by atoms with E-state index < -0.39 is 5.97 Å². The molecule has 0 aliphatic carbocycles. The highest BCUT2D eigenvalue weighted by Crippen LogP contribution is 2.22. The van der Waals surface area contributed by atoms with E-state index in [2.05, 4.69) is 4.98 Å². The number of nitrogens with zero attached hydrogens (tertiary/aromatic N) is 1. The van der Waals surface area contributed by atoms with Gasteiger partial charge < -0.3 is 13.9 Å². The highest BCUT2D eigenvalue weighted by molar-refractivity contribution is 5.91. The lowest BCUT2D eigenvalue weighted by Gasteiger charge is -1.90. The van der Waals surface area contributed by atoms with Crippen molar-refractivity contribution in [1.29, 1.82) is 0 Å². The topological polar surface area (TPSA) is 76.5 Å². The second-order valence-electron chi connectivity index (χ2n) is 2.35. The number of aromatic nitrogens is 1. The first-order valence-electron chi connectivity index (χ1n) is 3.48. The molecule has 2 rings (SSSR count). The summed E-state index contributed by atoms with van der Waals surface area (Å²) >= 11 is 0. The molecular formula is C8H5NO4. The normalized spacial score (nSPS) is 10.2. The van der Waals surface area contributed by atoms with Crippen molar-refractivity contribution in [2.45, 2.75) is 0 Å². The zero-order chi connectivity index (χ0) is 9.26. The van der Waals surface area contributed by atoms with Gasteiger partial charge in [-0.3, -0.25) is 0 Å². The van der Waals surface area contributed by atoms with Crippen molar-refractivity contribution in [3.05, 3.63) is 30.7 Å². The minimum Gasteiger partial charge on any atom is -0.476 e. The first-order valence-corrected chi connectivity index (χ1v) is 3.48. The summed E-state index contributed by atoms with van der Waals surface area (Å²) in [5, 5.41) is 8.70. The fraction of sp³-hybridized carbons (Fsp3) is 0. The summed E-state index contributed by atoms with van der Waals surface area (Å²) in [6.07, 6.45) is 3.92. The van der Waals surface area contributed by atoms with E-state index in [-0.39, 0.29) is 11.5 Å². The first-order chi connectivity index (χ1) is 6.29. The third kappa shape index (κ3) is 1.20. The van der Waals surface area contributed by atoms with Crippen LogP contribution in [-0.2, 0) is 0 Å². The maximum Gasteiger partial charge on any atom is 0.358 e. The van der Waals surface area contributed by atoms with Crippen LogP contribution in [0.2, 0.25) is 0 Å². The molecule has 5 nitrogen and oxygen atoms in total. The Bertz CT molecular complexity index is 415. The second kappa shape index (κ2) is 2.78. The summed E-state index contributed by atoms with van der Waals surface area (Å²) in [7, 11) is 0. The Hall–Kier alpha value is -2.04. The van der Waals surface area contributed by atoms with Crippen molar-refractivity contribution in [3.8, 4) is 11.3 Å². The number of hydrogen-bond acceptors (Lipinski definition) is 4. The molecule has 0 saturated carbocycles. The average molecular weight is 179 g/mol. The summed E-state index contributed by atoms with van der Waals surface area (Å²) in [5.41, 5.74) is 0.455. The van der Waals surface area contributed by atoms with Crippen LogP contribution in [0.25, 0.3) is 11.3 Å². The molecule has 0 radical (unpaired) electrons. The van der Waals surface area contributed by atoms with E-state index in [9.17, 15) is 4.79 Å². The van der Waals surface area contributed by atoms with Crippen molar-refractivity contribution >= 4 is 5.97 Å². The van der Waals surface area contributed by atoms with E-state index in [1.165, 1.54) is 12.5 Å². The van der Waals surface area contributed by atoms with Crippen molar-refractivity contribution in [2.24, 2.45) is 0 Å². The third-order valence-corrected chi connectivity index (χ3v) is 1.55. The third-order valence-electron chi connectivity index (χ3n) is 1.55. The first kappa shape index (κ1) is 7.60. The lowest BCUT2D eigenvalue weighted by atomic mass is 10.2. The van der Waals surface area contributed by atoms with Crippen LogP contribution in [-0.4, -0.2) is 16.1 Å². The van der Waals surface area contributed by atoms with Crippen molar-refractivity contribution in [3.63, 3.8) is 0 Å². The van der Waals surface area contributed by atoms with Gasteiger partial charge in [0, 0.05) is 0 Å². The van der Waals surface area contributed by atoms with Gasteiger partial charge in [0.1, 0.15) is 6.26 Å². The highest BCUT2D eigenvalue weighted by Gasteiger charge is 2.17. The molecule has 13 heavy (non-hydrogen) atoms. The van der Waals surface area contributed by atoms with Crippen LogP contribution >= 0.6 is 0 Å². The maximum atomic E-state index is 10.6. The Morgan fingerprint density at radius 3 is 3.00 bits per heavy atom. The fourth-order valence-corrected chi connectivity index (χ4v) is 0.997. The number of carboxylic acid groups (broad SMARTS) is 1. The van der Waals surface area contributed by atoms with Crippen LogP contribution < -0.4 is 0 Å². The summed E-state index contributed by atoms with van der Waals surface area (Å²) in [6.45, 7) is 0. The summed E-state index contributed by atoms with van der Waals surface area (Å²) in [6, 6.07) is 1.60. The van der Waals surface area contributed by atoms with E-state index in [1.807, 2.05) is 0 Å². The van der Waals surface area contributed by atoms with Gasteiger partial charge in [0.15, 0.2) is 17.8 Å². The molecule has 2 heterocycles. The Labute approximate surface area is 72.6 Å². The summed E-state index contributed by atoms with van der Waals surface area (Å²) < 4.78 is 9.71. The fourth-order valence-electron chi connectivity index (χ4n) is 0.997.